The molecule has 1 aliphatic heterocycles. The fraction of sp³-hybridized carbons (Fsp3) is 0.588. The van der Waals surface area contributed by atoms with Gasteiger partial charge in [-0.3, -0.25) is 10.1 Å². The van der Waals surface area contributed by atoms with Gasteiger partial charge in [0, 0.05) is 34.4 Å². The molecule has 7 heteroatoms. The number of nitrogens with zero attached hydrogens (tertiary/aromatic N) is 1. The molecule has 0 atom stereocenters. The van der Waals surface area contributed by atoms with Crippen LogP contribution in [-0.2, 0) is 0 Å². The third-order valence-electron chi connectivity index (χ3n) is 4.19. The van der Waals surface area contributed by atoms with Crippen LogP contribution in [0.4, 0.5) is 16.2 Å². The van der Waals surface area contributed by atoms with Crippen molar-refractivity contribution in [1.29, 1.82) is 0 Å². The number of amides is 2. The van der Waals surface area contributed by atoms with E-state index >= 15 is 0 Å². The zero-order chi connectivity index (χ0) is 18.1. The highest BCUT2D eigenvalue weighted by Gasteiger charge is 2.38. The first kappa shape index (κ1) is 18.2. The highest BCUT2D eigenvalue weighted by molar-refractivity contribution is 5.90. The zero-order valence-electron chi connectivity index (χ0n) is 14.9. The standard InChI is InChI=1S/C17H26N4O3/c1-11-6-7-12(8-14(11)21(23)24)18-15(22)19-13-9-16(2,3)20-17(4,5)10-13/h6-8,13,20H,9-10H2,1-5H3,(H2,18,19,22). The molecule has 0 saturated carbocycles. The maximum atomic E-state index is 12.3. The van der Waals surface area contributed by atoms with E-state index < -0.39 is 4.92 Å². The molecule has 0 spiro atoms. The lowest BCUT2D eigenvalue weighted by atomic mass is 9.80. The van der Waals surface area contributed by atoms with Gasteiger partial charge in [0.2, 0.25) is 0 Å². The van der Waals surface area contributed by atoms with Gasteiger partial charge in [0.25, 0.3) is 5.69 Å². The number of anilines is 1. The lowest BCUT2D eigenvalue weighted by Gasteiger charge is -2.46. The van der Waals surface area contributed by atoms with Gasteiger partial charge in [0.05, 0.1) is 4.92 Å². The molecule has 2 rings (SSSR count). The molecule has 2 amide bonds. The van der Waals surface area contributed by atoms with Gasteiger partial charge >= 0.3 is 6.03 Å². The molecular weight excluding hydrogens is 308 g/mol. The third-order valence-corrected chi connectivity index (χ3v) is 4.19. The minimum absolute atomic E-state index is 0.00284. The summed E-state index contributed by atoms with van der Waals surface area (Å²) in [7, 11) is 0. The first-order valence-electron chi connectivity index (χ1n) is 8.09. The number of hydrogen-bond donors (Lipinski definition) is 3. The van der Waals surface area contributed by atoms with E-state index in [0.29, 0.717) is 11.3 Å². The molecular formula is C17H26N4O3. The Balaban J connectivity index is 2.03. The highest BCUT2D eigenvalue weighted by Crippen LogP contribution is 2.28. The SMILES string of the molecule is Cc1ccc(NC(=O)NC2CC(C)(C)NC(C)(C)C2)cc1[N+](=O)[O-]. The molecule has 3 N–H and O–H groups in total. The molecule has 0 unspecified atom stereocenters. The Kier molecular flexibility index (Phi) is 4.85. The van der Waals surface area contributed by atoms with Crippen molar-refractivity contribution >= 4 is 17.4 Å². The highest BCUT2D eigenvalue weighted by atomic mass is 16.6. The minimum atomic E-state index is -0.448. The second-order valence-corrected chi connectivity index (χ2v) is 7.85. The molecule has 132 valence electrons. The molecule has 1 fully saturated rings. The van der Waals surface area contributed by atoms with E-state index in [-0.39, 0.29) is 28.8 Å². The van der Waals surface area contributed by atoms with Crippen LogP contribution < -0.4 is 16.0 Å². The quantitative estimate of drug-likeness (QED) is 0.583. The molecule has 0 bridgehead atoms. The van der Waals surface area contributed by atoms with Crippen LogP contribution in [0.2, 0.25) is 0 Å². The van der Waals surface area contributed by atoms with E-state index in [2.05, 4.69) is 43.6 Å². The summed E-state index contributed by atoms with van der Waals surface area (Å²) < 4.78 is 0. The van der Waals surface area contributed by atoms with E-state index in [4.69, 9.17) is 0 Å². The Morgan fingerprint density at radius 2 is 1.83 bits per heavy atom. The summed E-state index contributed by atoms with van der Waals surface area (Å²) >= 11 is 0. The molecule has 1 saturated heterocycles. The molecule has 1 aromatic rings. The summed E-state index contributed by atoms with van der Waals surface area (Å²) in [6.07, 6.45) is 1.63. The smallest absolute Gasteiger partial charge is 0.319 e. The summed E-state index contributed by atoms with van der Waals surface area (Å²) in [5.74, 6) is 0. The van der Waals surface area contributed by atoms with Gasteiger partial charge in [0.1, 0.15) is 0 Å². The van der Waals surface area contributed by atoms with E-state index in [0.717, 1.165) is 12.8 Å². The van der Waals surface area contributed by atoms with Crippen molar-refractivity contribution in [3.63, 3.8) is 0 Å². The topological polar surface area (TPSA) is 96.3 Å². The number of aryl methyl sites for hydroxylation is 1. The van der Waals surface area contributed by atoms with Gasteiger partial charge < -0.3 is 16.0 Å². The van der Waals surface area contributed by atoms with Crippen LogP contribution in [0.25, 0.3) is 0 Å². The molecule has 0 aromatic heterocycles. The molecule has 1 aromatic carbocycles. The maximum absolute atomic E-state index is 12.3. The van der Waals surface area contributed by atoms with Gasteiger partial charge in [-0.15, -0.1) is 0 Å². The number of rotatable bonds is 3. The van der Waals surface area contributed by atoms with Crippen molar-refractivity contribution < 1.29 is 9.72 Å². The number of nitrogens with one attached hydrogen (secondary N) is 3. The first-order chi connectivity index (χ1) is 11.0. The molecule has 0 aliphatic carbocycles. The molecule has 24 heavy (non-hydrogen) atoms. The molecule has 1 aliphatic rings. The molecule has 0 radical (unpaired) electrons. The van der Waals surface area contributed by atoms with Crippen LogP contribution >= 0.6 is 0 Å². The minimum Gasteiger partial charge on any atom is -0.335 e. The number of benzene rings is 1. The summed E-state index contributed by atoms with van der Waals surface area (Å²) in [5, 5.41) is 20.2. The third kappa shape index (κ3) is 4.67. The van der Waals surface area contributed by atoms with Crippen LogP contribution in [-0.4, -0.2) is 28.1 Å². The number of piperidine rings is 1. The normalized spacial score (nSPS) is 19.5. The summed E-state index contributed by atoms with van der Waals surface area (Å²) in [6.45, 7) is 10.1. The van der Waals surface area contributed by atoms with Crippen LogP contribution in [0.1, 0.15) is 46.1 Å². The average Bonchev–Trinajstić information content (AvgIpc) is 2.36. The van der Waals surface area contributed by atoms with Gasteiger partial charge in [-0.2, -0.15) is 0 Å². The van der Waals surface area contributed by atoms with E-state index in [1.54, 1.807) is 19.1 Å². The molecule has 7 nitrogen and oxygen atoms in total. The van der Waals surface area contributed by atoms with Crippen molar-refractivity contribution in [2.75, 3.05) is 5.32 Å². The first-order valence-corrected chi connectivity index (χ1v) is 8.09. The number of urea groups is 1. The van der Waals surface area contributed by atoms with Crippen LogP contribution in [0.5, 0.6) is 0 Å². The Morgan fingerprint density at radius 3 is 2.38 bits per heavy atom. The van der Waals surface area contributed by atoms with E-state index in [1.165, 1.54) is 6.07 Å². The second kappa shape index (κ2) is 6.39. The van der Waals surface area contributed by atoms with Crippen molar-refractivity contribution in [2.24, 2.45) is 0 Å². The van der Waals surface area contributed by atoms with E-state index in [9.17, 15) is 14.9 Å². The lowest BCUT2D eigenvalue weighted by Crippen LogP contribution is -2.62. The number of carbonyl (C=O) groups is 1. The Morgan fingerprint density at radius 1 is 1.25 bits per heavy atom. The van der Waals surface area contributed by atoms with Crippen molar-refractivity contribution in [3.05, 3.63) is 33.9 Å². The average molecular weight is 334 g/mol. The largest absolute Gasteiger partial charge is 0.335 e. The Bertz CT molecular complexity index is 639. The Labute approximate surface area is 142 Å². The lowest BCUT2D eigenvalue weighted by molar-refractivity contribution is -0.385. The number of nitro benzene ring substituents is 1. The second-order valence-electron chi connectivity index (χ2n) is 7.85. The number of nitro groups is 1. The van der Waals surface area contributed by atoms with Crippen LogP contribution in [0, 0.1) is 17.0 Å². The monoisotopic (exact) mass is 334 g/mol. The van der Waals surface area contributed by atoms with Gasteiger partial charge in [-0.05, 0) is 53.5 Å². The van der Waals surface area contributed by atoms with Gasteiger partial charge in [-0.1, -0.05) is 6.07 Å². The number of hydrogen-bond acceptors (Lipinski definition) is 4. The summed E-state index contributed by atoms with van der Waals surface area (Å²) in [5.41, 5.74) is 0.840. The summed E-state index contributed by atoms with van der Waals surface area (Å²) in [4.78, 5) is 22.8. The van der Waals surface area contributed by atoms with Crippen LogP contribution in [0.15, 0.2) is 18.2 Å². The zero-order valence-corrected chi connectivity index (χ0v) is 14.9. The number of carbonyl (C=O) groups excluding carboxylic acids is 1. The van der Waals surface area contributed by atoms with Crippen molar-refractivity contribution in [3.8, 4) is 0 Å². The summed E-state index contributed by atoms with van der Waals surface area (Å²) in [6, 6.07) is 4.37. The van der Waals surface area contributed by atoms with Gasteiger partial charge in [-0.25, -0.2) is 4.79 Å². The molecule has 1 heterocycles. The van der Waals surface area contributed by atoms with Crippen molar-refractivity contribution in [2.45, 2.75) is 64.6 Å². The fourth-order valence-corrected chi connectivity index (χ4v) is 3.66. The predicted molar refractivity (Wildman–Crippen MR) is 94.3 cm³/mol. The van der Waals surface area contributed by atoms with E-state index in [1.807, 2.05) is 0 Å². The Hall–Kier alpha value is -2.15. The van der Waals surface area contributed by atoms with Gasteiger partial charge in [0.15, 0.2) is 0 Å². The van der Waals surface area contributed by atoms with Crippen molar-refractivity contribution in [1.82, 2.24) is 10.6 Å². The predicted octanol–water partition coefficient (Wildman–Crippen LogP) is 3.33. The fourth-order valence-electron chi connectivity index (χ4n) is 3.66. The van der Waals surface area contributed by atoms with Crippen LogP contribution in [0.3, 0.4) is 0 Å². The maximum Gasteiger partial charge on any atom is 0.319 e.